The normalized spacial score (nSPS) is 20.5. The first-order valence-corrected chi connectivity index (χ1v) is 15.1. The molecule has 4 aromatic rings. The number of fused-ring (bicyclic) bond motifs is 2. The summed E-state index contributed by atoms with van der Waals surface area (Å²) in [5.74, 6) is 2.30. The zero-order valence-corrected chi connectivity index (χ0v) is 24.2. The van der Waals surface area contributed by atoms with E-state index in [0.29, 0.717) is 51.6 Å². The summed E-state index contributed by atoms with van der Waals surface area (Å²) in [6.45, 7) is 10.7. The van der Waals surface area contributed by atoms with Crippen LogP contribution in [0.15, 0.2) is 30.5 Å². The Labute approximate surface area is 244 Å². The van der Waals surface area contributed by atoms with Gasteiger partial charge in [-0.1, -0.05) is 12.1 Å². The quantitative estimate of drug-likeness (QED) is 0.341. The van der Waals surface area contributed by atoms with Crippen molar-refractivity contribution in [3.8, 4) is 11.4 Å². The van der Waals surface area contributed by atoms with Crippen LogP contribution in [-0.2, 0) is 27.4 Å². The monoisotopic (exact) mass is 573 g/mol. The highest BCUT2D eigenvalue weighted by atomic mass is 16.5. The van der Waals surface area contributed by atoms with E-state index in [0.717, 1.165) is 85.1 Å². The van der Waals surface area contributed by atoms with E-state index in [1.54, 1.807) is 0 Å². The standard InChI is InChI=1S/C30H39N9O3/c1-2-39-24(20-36-10-7-30(8-11-36,29(31)40)38-14-18-42-19-15-38)33-25-27(37-12-16-41-17-13-37)34-26(35-28(25)39)22-4-3-5-23-21(22)6-9-32-23/h3-6,9,32H,2,7-8,10-20H2,1H3,(H2,31,40). The maximum absolute atomic E-state index is 12.7. The van der Waals surface area contributed by atoms with Gasteiger partial charge in [0, 0.05) is 68.5 Å². The van der Waals surface area contributed by atoms with Gasteiger partial charge in [-0.25, -0.2) is 15.0 Å². The number of aryl methyl sites for hydroxylation is 1. The Hall–Kier alpha value is -3.58. The van der Waals surface area contributed by atoms with Gasteiger partial charge in [0.1, 0.15) is 11.4 Å². The van der Waals surface area contributed by atoms with Gasteiger partial charge in [-0.2, -0.15) is 0 Å². The number of hydrogen-bond donors (Lipinski definition) is 2. The molecule has 0 bridgehead atoms. The van der Waals surface area contributed by atoms with Crippen molar-refractivity contribution in [1.82, 2.24) is 34.3 Å². The molecule has 3 fully saturated rings. The summed E-state index contributed by atoms with van der Waals surface area (Å²) >= 11 is 0. The maximum Gasteiger partial charge on any atom is 0.238 e. The minimum Gasteiger partial charge on any atom is -0.379 e. The Balaban J connectivity index is 1.23. The Morgan fingerprint density at radius 2 is 1.71 bits per heavy atom. The van der Waals surface area contributed by atoms with E-state index in [9.17, 15) is 4.79 Å². The second kappa shape index (κ2) is 11.3. The van der Waals surface area contributed by atoms with Crippen LogP contribution in [0.4, 0.5) is 5.82 Å². The second-order valence-electron chi connectivity index (χ2n) is 11.4. The lowest BCUT2D eigenvalue weighted by Crippen LogP contribution is -2.64. The number of primary amides is 1. The minimum atomic E-state index is -0.603. The summed E-state index contributed by atoms with van der Waals surface area (Å²) in [5, 5.41) is 1.10. The smallest absolute Gasteiger partial charge is 0.238 e. The molecule has 1 aromatic carbocycles. The highest BCUT2D eigenvalue weighted by molar-refractivity contribution is 5.95. The van der Waals surface area contributed by atoms with Crippen molar-refractivity contribution in [2.24, 2.45) is 5.73 Å². The van der Waals surface area contributed by atoms with E-state index >= 15 is 0 Å². The van der Waals surface area contributed by atoms with E-state index in [1.165, 1.54) is 0 Å². The third-order valence-electron chi connectivity index (χ3n) is 9.24. The first-order valence-electron chi connectivity index (χ1n) is 15.1. The number of carbonyl (C=O) groups excluding carboxylic acids is 1. The number of H-pyrrole nitrogens is 1. The van der Waals surface area contributed by atoms with Crippen molar-refractivity contribution in [2.75, 3.05) is 70.6 Å². The predicted molar refractivity (Wildman–Crippen MR) is 160 cm³/mol. The van der Waals surface area contributed by atoms with Crippen LogP contribution in [0.3, 0.4) is 0 Å². The Kier molecular flexibility index (Phi) is 7.30. The minimum absolute atomic E-state index is 0.222. The molecule has 3 saturated heterocycles. The average Bonchev–Trinajstić information content (AvgIpc) is 3.66. The number of piperidine rings is 1. The predicted octanol–water partition coefficient (Wildman–Crippen LogP) is 1.98. The van der Waals surface area contributed by atoms with Gasteiger partial charge in [-0.05, 0) is 31.9 Å². The molecule has 222 valence electrons. The largest absolute Gasteiger partial charge is 0.379 e. The lowest BCUT2D eigenvalue weighted by atomic mass is 9.84. The van der Waals surface area contributed by atoms with Crippen molar-refractivity contribution in [2.45, 2.75) is 38.4 Å². The van der Waals surface area contributed by atoms with Gasteiger partial charge in [-0.3, -0.25) is 14.6 Å². The van der Waals surface area contributed by atoms with E-state index in [1.807, 2.05) is 12.3 Å². The third-order valence-corrected chi connectivity index (χ3v) is 9.24. The van der Waals surface area contributed by atoms with Gasteiger partial charge in [0.2, 0.25) is 5.91 Å². The fraction of sp³-hybridized carbons (Fsp3) is 0.533. The molecule has 12 nitrogen and oxygen atoms in total. The number of nitrogens with two attached hydrogens (primary N) is 1. The van der Waals surface area contributed by atoms with Crippen molar-refractivity contribution in [1.29, 1.82) is 0 Å². The number of benzene rings is 1. The Bertz CT molecular complexity index is 1580. The number of aromatic nitrogens is 5. The number of nitrogens with zero attached hydrogens (tertiary/aromatic N) is 7. The van der Waals surface area contributed by atoms with Crippen LogP contribution in [0, 0.1) is 0 Å². The van der Waals surface area contributed by atoms with E-state index in [2.05, 4.69) is 49.4 Å². The van der Waals surface area contributed by atoms with Crippen LogP contribution >= 0.6 is 0 Å². The second-order valence-corrected chi connectivity index (χ2v) is 11.4. The van der Waals surface area contributed by atoms with Crippen LogP contribution in [0.2, 0.25) is 0 Å². The lowest BCUT2D eigenvalue weighted by Gasteiger charge is -2.47. The molecule has 0 radical (unpaired) electrons. The molecule has 3 aliphatic heterocycles. The molecule has 3 aromatic heterocycles. The van der Waals surface area contributed by atoms with Crippen LogP contribution in [0.5, 0.6) is 0 Å². The first-order chi connectivity index (χ1) is 20.6. The van der Waals surface area contributed by atoms with Gasteiger partial charge in [0.05, 0.1) is 33.0 Å². The van der Waals surface area contributed by atoms with Gasteiger partial charge in [0.15, 0.2) is 22.8 Å². The van der Waals surface area contributed by atoms with Gasteiger partial charge in [0.25, 0.3) is 0 Å². The Morgan fingerprint density at radius 1 is 0.976 bits per heavy atom. The number of ether oxygens (including phenoxy) is 2. The molecule has 0 aliphatic carbocycles. The molecule has 0 spiro atoms. The molecule has 0 unspecified atom stereocenters. The summed E-state index contributed by atoms with van der Waals surface area (Å²) in [5.41, 5.74) is 9.15. The fourth-order valence-corrected chi connectivity index (χ4v) is 6.87. The molecule has 0 atom stereocenters. The number of morpholine rings is 2. The molecule has 7 rings (SSSR count). The fourth-order valence-electron chi connectivity index (χ4n) is 6.87. The number of nitrogens with one attached hydrogen (secondary N) is 1. The summed E-state index contributed by atoms with van der Waals surface area (Å²) in [7, 11) is 0. The van der Waals surface area contributed by atoms with Crippen LogP contribution in [0.25, 0.3) is 33.5 Å². The highest BCUT2D eigenvalue weighted by Gasteiger charge is 2.45. The summed E-state index contributed by atoms with van der Waals surface area (Å²) in [6, 6.07) is 8.27. The number of rotatable bonds is 7. The Morgan fingerprint density at radius 3 is 2.43 bits per heavy atom. The summed E-state index contributed by atoms with van der Waals surface area (Å²) in [6.07, 6.45) is 3.37. The highest BCUT2D eigenvalue weighted by Crippen LogP contribution is 2.34. The van der Waals surface area contributed by atoms with Gasteiger partial charge < -0.3 is 29.7 Å². The van der Waals surface area contributed by atoms with Crippen LogP contribution in [-0.4, -0.2) is 111 Å². The lowest BCUT2D eigenvalue weighted by molar-refractivity contribution is -0.138. The number of anilines is 1. The van der Waals surface area contributed by atoms with Gasteiger partial charge >= 0.3 is 0 Å². The van der Waals surface area contributed by atoms with Crippen molar-refractivity contribution in [3.63, 3.8) is 0 Å². The van der Waals surface area contributed by atoms with Gasteiger partial charge in [-0.15, -0.1) is 0 Å². The first kappa shape index (κ1) is 27.3. The summed E-state index contributed by atoms with van der Waals surface area (Å²) < 4.78 is 13.4. The molecular weight excluding hydrogens is 534 g/mol. The number of likely N-dealkylation sites (tertiary alicyclic amines) is 1. The zero-order chi connectivity index (χ0) is 28.7. The van der Waals surface area contributed by atoms with Crippen molar-refractivity contribution in [3.05, 3.63) is 36.3 Å². The maximum atomic E-state index is 12.7. The molecular formula is C30H39N9O3. The SMILES string of the molecule is CCn1c(CN2CCC(C(N)=O)(N3CCOCC3)CC2)nc2c(N3CCOCC3)nc(-c3cccc4[nH]ccc34)nc21. The molecule has 12 heteroatoms. The molecule has 1 amide bonds. The topological polar surface area (TPSA) is 131 Å². The molecule has 0 saturated carbocycles. The van der Waals surface area contributed by atoms with E-state index in [4.69, 9.17) is 30.2 Å². The number of hydrogen-bond acceptors (Lipinski definition) is 9. The van der Waals surface area contributed by atoms with E-state index < -0.39 is 5.54 Å². The van der Waals surface area contributed by atoms with E-state index in [-0.39, 0.29) is 5.91 Å². The van der Waals surface area contributed by atoms with Crippen molar-refractivity contribution < 1.29 is 14.3 Å². The summed E-state index contributed by atoms with van der Waals surface area (Å²) in [4.78, 5) is 38.4. The average molecular weight is 574 g/mol. The number of aromatic amines is 1. The zero-order valence-electron chi connectivity index (χ0n) is 24.2. The molecule has 3 N–H and O–H groups in total. The number of carbonyl (C=O) groups is 1. The third kappa shape index (κ3) is 4.72. The number of imidazole rings is 1. The molecule has 3 aliphatic rings. The number of amides is 1. The molecule has 42 heavy (non-hydrogen) atoms. The molecule has 6 heterocycles. The van der Waals surface area contributed by atoms with Crippen LogP contribution < -0.4 is 10.6 Å². The van der Waals surface area contributed by atoms with Crippen molar-refractivity contribution >= 4 is 33.8 Å². The van der Waals surface area contributed by atoms with Crippen LogP contribution in [0.1, 0.15) is 25.6 Å².